The zero-order valence-electron chi connectivity index (χ0n) is 11.0. The van der Waals surface area contributed by atoms with Crippen LogP contribution in [0.25, 0.3) is 0 Å². The van der Waals surface area contributed by atoms with E-state index in [-0.39, 0.29) is 22.9 Å². The summed E-state index contributed by atoms with van der Waals surface area (Å²) in [5.74, 6) is -0.0821. The van der Waals surface area contributed by atoms with E-state index in [1.165, 1.54) is 6.07 Å². The van der Waals surface area contributed by atoms with Gasteiger partial charge in [0, 0.05) is 37.3 Å². The molecule has 0 saturated carbocycles. The van der Waals surface area contributed by atoms with Crippen LogP contribution in [0.1, 0.15) is 17.5 Å². The molecule has 114 valence electrons. The molecule has 2 rings (SSSR count). The fourth-order valence-corrected chi connectivity index (χ4v) is 2.36. The normalized spacial score (nSPS) is 16.3. The highest BCUT2D eigenvalue weighted by molar-refractivity contribution is 7.80. The lowest BCUT2D eigenvalue weighted by Crippen LogP contribution is -2.30. The molecular formula is C13H14F3N3OS. The van der Waals surface area contributed by atoms with E-state index in [1.807, 2.05) is 4.90 Å². The summed E-state index contributed by atoms with van der Waals surface area (Å²) < 4.78 is 38.3. The smallest absolute Gasteiger partial charge is 0.389 e. The second kappa shape index (κ2) is 5.88. The summed E-state index contributed by atoms with van der Waals surface area (Å²) >= 11 is 4.86. The van der Waals surface area contributed by atoms with E-state index >= 15 is 0 Å². The Bertz CT molecular complexity index is 574. The van der Waals surface area contributed by atoms with Crippen LogP contribution in [0.15, 0.2) is 18.2 Å². The van der Waals surface area contributed by atoms with Crippen LogP contribution in [-0.2, 0) is 11.0 Å². The molecule has 1 aliphatic rings. The Morgan fingerprint density at radius 3 is 2.67 bits per heavy atom. The molecular weight excluding hydrogens is 303 g/mol. The predicted molar refractivity (Wildman–Crippen MR) is 77.2 cm³/mol. The van der Waals surface area contributed by atoms with E-state index in [9.17, 15) is 18.0 Å². The first kappa shape index (κ1) is 15.6. The Morgan fingerprint density at radius 1 is 1.33 bits per heavy atom. The molecule has 3 N–H and O–H groups in total. The lowest BCUT2D eigenvalue weighted by molar-refractivity contribution is -0.137. The van der Waals surface area contributed by atoms with Gasteiger partial charge in [-0.3, -0.25) is 4.79 Å². The third kappa shape index (κ3) is 3.63. The largest absolute Gasteiger partial charge is 0.416 e. The molecule has 1 saturated heterocycles. The summed E-state index contributed by atoms with van der Waals surface area (Å²) in [5, 5.41) is 2.70. The average Bonchev–Trinajstić information content (AvgIpc) is 2.61. The minimum absolute atomic E-state index is 0.0821. The van der Waals surface area contributed by atoms with Crippen LogP contribution in [0.3, 0.4) is 0 Å². The topological polar surface area (TPSA) is 58.4 Å². The quantitative estimate of drug-likeness (QED) is 0.815. The Balaban J connectivity index is 2.38. The Morgan fingerprint density at radius 2 is 2.05 bits per heavy atom. The highest BCUT2D eigenvalue weighted by Gasteiger charge is 2.31. The van der Waals surface area contributed by atoms with Crippen LogP contribution < -0.4 is 16.0 Å². The first-order chi connectivity index (χ1) is 9.79. The lowest BCUT2D eigenvalue weighted by Gasteiger charge is -2.25. The Kier molecular flexibility index (Phi) is 4.36. The predicted octanol–water partition coefficient (Wildman–Crippen LogP) is 1.67. The van der Waals surface area contributed by atoms with Gasteiger partial charge < -0.3 is 16.0 Å². The van der Waals surface area contributed by atoms with Crippen molar-refractivity contribution in [2.45, 2.75) is 12.6 Å². The first-order valence-corrected chi connectivity index (χ1v) is 6.72. The van der Waals surface area contributed by atoms with Gasteiger partial charge >= 0.3 is 6.18 Å². The third-order valence-electron chi connectivity index (χ3n) is 3.24. The van der Waals surface area contributed by atoms with Gasteiger partial charge in [0.05, 0.1) is 5.56 Å². The number of hydrogen-bond acceptors (Lipinski definition) is 3. The second-order valence-electron chi connectivity index (χ2n) is 4.68. The minimum atomic E-state index is -4.45. The molecule has 1 heterocycles. The van der Waals surface area contributed by atoms with Crippen molar-refractivity contribution in [2.75, 3.05) is 24.5 Å². The van der Waals surface area contributed by atoms with Gasteiger partial charge in [0.2, 0.25) is 5.91 Å². The van der Waals surface area contributed by atoms with Crippen LogP contribution in [0.4, 0.5) is 18.9 Å². The number of hydrogen-bond donors (Lipinski definition) is 2. The van der Waals surface area contributed by atoms with Crippen LogP contribution in [0.2, 0.25) is 0 Å². The molecule has 0 aromatic heterocycles. The number of carbonyl (C=O) groups is 1. The van der Waals surface area contributed by atoms with Gasteiger partial charge in [-0.25, -0.2) is 0 Å². The zero-order valence-corrected chi connectivity index (χ0v) is 11.9. The highest BCUT2D eigenvalue weighted by atomic mass is 32.1. The number of alkyl halides is 3. The van der Waals surface area contributed by atoms with E-state index in [2.05, 4.69) is 5.32 Å². The van der Waals surface area contributed by atoms with E-state index in [0.717, 1.165) is 12.1 Å². The van der Waals surface area contributed by atoms with Gasteiger partial charge in [-0.2, -0.15) is 13.2 Å². The van der Waals surface area contributed by atoms with Crippen LogP contribution in [-0.4, -0.2) is 30.5 Å². The third-order valence-corrected chi connectivity index (χ3v) is 3.46. The number of amides is 1. The summed E-state index contributed by atoms with van der Waals surface area (Å²) in [7, 11) is 0. The van der Waals surface area contributed by atoms with E-state index in [0.29, 0.717) is 25.3 Å². The maximum atomic E-state index is 12.8. The molecule has 1 aromatic carbocycles. The number of carbonyl (C=O) groups excluding carboxylic acids is 1. The minimum Gasteiger partial charge on any atom is -0.389 e. The number of rotatable bonds is 2. The van der Waals surface area contributed by atoms with Crippen molar-refractivity contribution < 1.29 is 18.0 Å². The van der Waals surface area contributed by atoms with Crippen LogP contribution in [0, 0.1) is 0 Å². The Hall–Kier alpha value is -1.83. The fraction of sp³-hybridized carbons (Fsp3) is 0.385. The summed E-state index contributed by atoms with van der Waals surface area (Å²) in [4.78, 5) is 13.0. The average molecular weight is 317 g/mol. The second-order valence-corrected chi connectivity index (χ2v) is 5.12. The summed E-state index contributed by atoms with van der Waals surface area (Å²) in [6, 6.07) is 3.31. The molecule has 8 heteroatoms. The monoisotopic (exact) mass is 317 g/mol. The number of halogens is 3. The van der Waals surface area contributed by atoms with E-state index in [4.69, 9.17) is 18.0 Å². The van der Waals surface area contributed by atoms with Gasteiger partial charge in [-0.1, -0.05) is 12.2 Å². The maximum absolute atomic E-state index is 12.8. The van der Waals surface area contributed by atoms with Gasteiger partial charge in [-0.15, -0.1) is 0 Å². The van der Waals surface area contributed by atoms with Crippen LogP contribution in [0.5, 0.6) is 0 Å². The van der Waals surface area contributed by atoms with Crippen molar-refractivity contribution in [3.8, 4) is 0 Å². The molecule has 1 fully saturated rings. The van der Waals surface area contributed by atoms with Gasteiger partial charge in [0.1, 0.15) is 4.99 Å². The maximum Gasteiger partial charge on any atom is 0.416 e. The molecule has 0 atom stereocenters. The van der Waals surface area contributed by atoms with Crippen molar-refractivity contribution in [2.24, 2.45) is 5.73 Å². The number of anilines is 1. The van der Waals surface area contributed by atoms with Crippen molar-refractivity contribution in [1.82, 2.24) is 5.32 Å². The molecule has 21 heavy (non-hydrogen) atoms. The van der Waals surface area contributed by atoms with Gasteiger partial charge in [0.25, 0.3) is 0 Å². The molecule has 0 spiro atoms. The van der Waals surface area contributed by atoms with Crippen molar-refractivity contribution in [3.63, 3.8) is 0 Å². The summed E-state index contributed by atoms with van der Waals surface area (Å²) in [6.07, 6.45) is -4.17. The van der Waals surface area contributed by atoms with Crippen molar-refractivity contribution >= 4 is 28.8 Å². The fourth-order valence-electron chi connectivity index (χ4n) is 2.19. The van der Waals surface area contributed by atoms with E-state index < -0.39 is 11.7 Å². The molecule has 1 aliphatic heterocycles. The number of benzene rings is 1. The first-order valence-electron chi connectivity index (χ1n) is 6.32. The number of nitrogens with zero attached hydrogens (tertiary/aromatic N) is 1. The standard InChI is InChI=1S/C13H14F3N3OS/c14-13(15,16)8-1-2-10(9(7-8)12(17)21)19-5-3-11(20)18-4-6-19/h1-2,7H,3-6H2,(H2,17,21)(H,18,20). The highest BCUT2D eigenvalue weighted by Crippen LogP contribution is 2.33. The molecule has 4 nitrogen and oxygen atoms in total. The zero-order chi connectivity index (χ0) is 15.6. The van der Waals surface area contributed by atoms with Crippen LogP contribution >= 0.6 is 12.2 Å². The van der Waals surface area contributed by atoms with Crippen molar-refractivity contribution in [1.29, 1.82) is 0 Å². The number of thiocarbonyl (C=S) groups is 1. The SMILES string of the molecule is NC(=S)c1cc(C(F)(F)F)ccc1N1CCNC(=O)CC1. The van der Waals surface area contributed by atoms with E-state index in [1.54, 1.807) is 0 Å². The summed E-state index contributed by atoms with van der Waals surface area (Å²) in [6.45, 7) is 1.33. The molecule has 1 aromatic rings. The number of nitrogens with two attached hydrogens (primary N) is 1. The van der Waals surface area contributed by atoms with Gasteiger partial charge in [-0.05, 0) is 18.2 Å². The number of nitrogens with one attached hydrogen (secondary N) is 1. The molecule has 0 radical (unpaired) electrons. The molecule has 0 unspecified atom stereocenters. The molecule has 0 bridgehead atoms. The van der Waals surface area contributed by atoms with Gasteiger partial charge in [0.15, 0.2) is 0 Å². The van der Waals surface area contributed by atoms with Crippen molar-refractivity contribution in [3.05, 3.63) is 29.3 Å². The lowest BCUT2D eigenvalue weighted by atomic mass is 10.1. The Labute approximate surface area is 125 Å². The summed E-state index contributed by atoms with van der Waals surface area (Å²) in [5.41, 5.74) is 5.46. The molecule has 0 aliphatic carbocycles. The molecule has 1 amide bonds.